The maximum absolute atomic E-state index is 5.79. The van der Waals surface area contributed by atoms with E-state index >= 15 is 0 Å². The lowest BCUT2D eigenvalue weighted by molar-refractivity contribution is 0.104. The van der Waals surface area contributed by atoms with Crippen molar-refractivity contribution in [2.24, 2.45) is 0 Å². The van der Waals surface area contributed by atoms with Crippen LogP contribution in [0.5, 0.6) is 0 Å². The quantitative estimate of drug-likeness (QED) is 0.824. The van der Waals surface area contributed by atoms with Crippen molar-refractivity contribution in [3.63, 3.8) is 0 Å². The fraction of sp³-hybridized carbons (Fsp3) is 0.600. The van der Waals surface area contributed by atoms with Crippen LogP contribution in [0.15, 0.2) is 24.3 Å². The molecule has 0 amide bonds. The molecule has 3 heteroatoms. The van der Waals surface area contributed by atoms with E-state index in [0.29, 0.717) is 6.04 Å². The first kappa shape index (κ1) is 13.4. The van der Waals surface area contributed by atoms with E-state index in [1.807, 2.05) is 12.1 Å². The van der Waals surface area contributed by atoms with E-state index in [0.717, 1.165) is 12.1 Å². The molecule has 18 heavy (non-hydrogen) atoms. The molecule has 100 valence electrons. The fourth-order valence-corrected chi connectivity index (χ4v) is 2.58. The predicted octanol–water partition coefficient (Wildman–Crippen LogP) is 1.84. The first-order valence-electron chi connectivity index (χ1n) is 6.92. The van der Waals surface area contributed by atoms with Gasteiger partial charge in [-0.1, -0.05) is 12.1 Å². The third-order valence-corrected chi connectivity index (χ3v) is 3.93. The minimum Gasteiger partial charge on any atom is -0.399 e. The van der Waals surface area contributed by atoms with Crippen molar-refractivity contribution < 1.29 is 0 Å². The summed E-state index contributed by atoms with van der Waals surface area (Å²) in [7, 11) is 2.22. The number of piperazine rings is 1. The second-order valence-electron chi connectivity index (χ2n) is 5.48. The average Bonchev–Trinajstić information content (AvgIpc) is 2.34. The third kappa shape index (κ3) is 3.72. The SMILES string of the molecule is CC1CN(CCCc2cccc(N)c2)CCN1C. The van der Waals surface area contributed by atoms with Crippen molar-refractivity contribution in [1.82, 2.24) is 9.80 Å². The molecule has 0 aromatic heterocycles. The molecule has 2 rings (SSSR count). The summed E-state index contributed by atoms with van der Waals surface area (Å²) in [6.07, 6.45) is 2.35. The maximum Gasteiger partial charge on any atom is 0.0316 e. The molecule has 0 radical (unpaired) electrons. The Morgan fingerprint density at radius 3 is 2.89 bits per heavy atom. The number of hydrogen-bond acceptors (Lipinski definition) is 3. The van der Waals surface area contributed by atoms with Crippen LogP contribution in [0.1, 0.15) is 18.9 Å². The molecule has 1 atom stereocenters. The number of benzene rings is 1. The van der Waals surface area contributed by atoms with Crippen LogP contribution in [0.2, 0.25) is 0 Å². The topological polar surface area (TPSA) is 32.5 Å². The molecule has 2 N–H and O–H groups in total. The summed E-state index contributed by atoms with van der Waals surface area (Å²) >= 11 is 0. The van der Waals surface area contributed by atoms with Crippen molar-refractivity contribution in [3.8, 4) is 0 Å². The maximum atomic E-state index is 5.79. The largest absolute Gasteiger partial charge is 0.399 e. The molecule has 0 bridgehead atoms. The molecular formula is C15H25N3. The highest BCUT2D eigenvalue weighted by Gasteiger charge is 2.19. The summed E-state index contributed by atoms with van der Waals surface area (Å²) in [5.41, 5.74) is 8.02. The van der Waals surface area contributed by atoms with Gasteiger partial charge in [-0.2, -0.15) is 0 Å². The summed E-state index contributed by atoms with van der Waals surface area (Å²) in [6.45, 7) is 7.11. The van der Waals surface area contributed by atoms with E-state index in [4.69, 9.17) is 5.73 Å². The highest BCUT2D eigenvalue weighted by Crippen LogP contribution is 2.11. The van der Waals surface area contributed by atoms with Crippen LogP contribution in [-0.4, -0.2) is 49.1 Å². The van der Waals surface area contributed by atoms with Gasteiger partial charge in [0, 0.05) is 31.4 Å². The summed E-state index contributed by atoms with van der Waals surface area (Å²) in [4.78, 5) is 5.02. The Bertz CT molecular complexity index is 378. The van der Waals surface area contributed by atoms with Crippen molar-refractivity contribution in [2.45, 2.75) is 25.8 Å². The van der Waals surface area contributed by atoms with Crippen molar-refractivity contribution in [3.05, 3.63) is 29.8 Å². The van der Waals surface area contributed by atoms with Gasteiger partial charge in [0.25, 0.3) is 0 Å². The van der Waals surface area contributed by atoms with E-state index in [-0.39, 0.29) is 0 Å². The molecule has 0 saturated carbocycles. The van der Waals surface area contributed by atoms with Gasteiger partial charge in [-0.15, -0.1) is 0 Å². The first-order valence-corrected chi connectivity index (χ1v) is 6.92. The smallest absolute Gasteiger partial charge is 0.0316 e. The lowest BCUT2D eigenvalue weighted by Crippen LogP contribution is -2.50. The van der Waals surface area contributed by atoms with E-state index in [1.54, 1.807) is 0 Å². The molecule has 0 aliphatic carbocycles. The van der Waals surface area contributed by atoms with Crippen LogP contribution >= 0.6 is 0 Å². The minimum atomic E-state index is 0.686. The third-order valence-electron chi connectivity index (χ3n) is 3.93. The Labute approximate surface area is 111 Å². The van der Waals surface area contributed by atoms with Gasteiger partial charge in [-0.25, -0.2) is 0 Å². The molecular weight excluding hydrogens is 222 g/mol. The van der Waals surface area contributed by atoms with Crippen LogP contribution < -0.4 is 5.73 Å². The zero-order chi connectivity index (χ0) is 13.0. The highest BCUT2D eigenvalue weighted by molar-refractivity contribution is 5.40. The number of hydrogen-bond donors (Lipinski definition) is 1. The van der Waals surface area contributed by atoms with Crippen molar-refractivity contribution in [1.29, 1.82) is 0 Å². The molecule has 1 aromatic rings. The normalized spacial score (nSPS) is 22.2. The molecule has 1 aliphatic rings. The lowest BCUT2D eigenvalue weighted by atomic mass is 10.1. The molecule has 1 aliphatic heterocycles. The van der Waals surface area contributed by atoms with E-state index < -0.39 is 0 Å². The van der Waals surface area contributed by atoms with Gasteiger partial charge < -0.3 is 15.5 Å². The first-order chi connectivity index (χ1) is 8.65. The van der Waals surface area contributed by atoms with Gasteiger partial charge in [-0.3, -0.25) is 0 Å². The number of nitrogen functional groups attached to an aromatic ring is 1. The molecule has 1 unspecified atom stereocenters. The number of nitrogens with zero attached hydrogens (tertiary/aromatic N) is 2. The second kappa shape index (κ2) is 6.21. The van der Waals surface area contributed by atoms with Gasteiger partial charge >= 0.3 is 0 Å². The standard InChI is InChI=1S/C15H25N3/c1-13-12-18(10-9-17(13)2)8-4-6-14-5-3-7-15(16)11-14/h3,5,7,11,13H,4,6,8-10,12,16H2,1-2H3. The zero-order valence-corrected chi connectivity index (χ0v) is 11.6. The molecule has 1 aromatic carbocycles. The summed E-state index contributed by atoms with van der Waals surface area (Å²) < 4.78 is 0. The Hall–Kier alpha value is -1.06. The van der Waals surface area contributed by atoms with Crippen LogP contribution in [0.4, 0.5) is 5.69 Å². The van der Waals surface area contributed by atoms with Gasteiger partial charge in [0.1, 0.15) is 0 Å². The van der Waals surface area contributed by atoms with Crippen LogP contribution in [0.3, 0.4) is 0 Å². The number of aryl methyl sites for hydroxylation is 1. The molecule has 0 spiro atoms. The zero-order valence-electron chi connectivity index (χ0n) is 11.6. The molecule has 1 fully saturated rings. The average molecular weight is 247 g/mol. The van der Waals surface area contributed by atoms with Gasteiger partial charge in [0.15, 0.2) is 0 Å². The Morgan fingerprint density at radius 1 is 1.33 bits per heavy atom. The second-order valence-corrected chi connectivity index (χ2v) is 5.48. The predicted molar refractivity (Wildman–Crippen MR) is 77.7 cm³/mol. The summed E-state index contributed by atoms with van der Waals surface area (Å²) in [6, 6.07) is 8.94. The summed E-state index contributed by atoms with van der Waals surface area (Å²) in [5.74, 6) is 0. The van der Waals surface area contributed by atoms with Crippen molar-refractivity contribution in [2.75, 3.05) is 39.0 Å². The molecule has 1 saturated heterocycles. The van der Waals surface area contributed by atoms with E-state index in [2.05, 4.69) is 35.9 Å². The van der Waals surface area contributed by atoms with E-state index in [1.165, 1.54) is 38.2 Å². The number of likely N-dealkylation sites (N-methyl/N-ethyl adjacent to an activating group) is 1. The molecule has 1 heterocycles. The lowest BCUT2D eigenvalue weighted by Gasteiger charge is -2.37. The number of nitrogens with two attached hydrogens (primary N) is 1. The Balaban J connectivity index is 1.72. The monoisotopic (exact) mass is 247 g/mol. The number of anilines is 1. The number of rotatable bonds is 4. The Kier molecular flexibility index (Phi) is 4.61. The fourth-order valence-electron chi connectivity index (χ4n) is 2.58. The van der Waals surface area contributed by atoms with Gasteiger partial charge in [-0.05, 0) is 51.1 Å². The van der Waals surface area contributed by atoms with Gasteiger partial charge in [0.05, 0.1) is 0 Å². The Morgan fingerprint density at radius 2 is 2.17 bits per heavy atom. The van der Waals surface area contributed by atoms with E-state index in [9.17, 15) is 0 Å². The van der Waals surface area contributed by atoms with Crippen molar-refractivity contribution >= 4 is 5.69 Å². The molecule has 3 nitrogen and oxygen atoms in total. The summed E-state index contributed by atoms with van der Waals surface area (Å²) in [5, 5.41) is 0. The van der Waals surface area contributed by atoms with Crippen LogP contribution in [-0.2, 0) is 6.42 Å². The minimum absolute atomic E-state index is 0.686. The highest BCUT2D eigenvalue weighted by atomic mass is 15.3. The van der Waals surface area contributed by atoms with Gasteiger partial charge in [0.2, 0.25) is 0 Å². The van der Waals surface area contributed by atoms with Crippen LogP contribution in [0.25, 0.3) is 0 Å². The van der Waals surface area contributed by atoms with Crippen LogP contribution in [0, 0.1) is 0 Å².